The summed E-state index contributed by atoms with van der Waals surface area (Å²) in [6.07, 6.45) is 1.82. The minimum absolute atomic E-state index is 0.0262. The summed E-state index contributed by atoms with van der Waals surface area (Å²) >= 11 is 5.72. The quantitative estimate of drug-likeness (QED) is 0.819. The lowest BCUT2D eigenvalue weighted by Gasteiger charge is -2.19. The monoisotopic (exact) mass is 285 g/mol. The highest BCUT2D eigenvalue weighted by Gasteiger charge is 2.18. The van der Waals surface area contributed by atoms with Crippen LogP contribution in [0.1, 0.15) is 13.3 Å². The Balaban J connectivity index is 2.56. The lowest BCUT2D eigenvalue weighted by atomic mass is 10.2. The van der Waals surface area contributed by atoms with E-state index in [0.717, 1.165) is 0 Å². The molecule has 104 valence electrons. The van der Waals surface area contributed by atoms with Gasteiger partial charge in [-0.3, -0.25) is 4.79 Å². The van der Waals surface area contributed by atoms with E-state index in [4.69, 9.17) is 16.7 Å². The van der Waals surface area contributed by atoms with Gasteiger partial charge in [0.05, 0.1) is 11.6 Å². The van der Waals surface area contributed by atoms with Crippen LogP contribution < -0.4 is 10.2 Å². The lowest BCUT2D eigenvalue weighted by Crippen LogP contribution is -2.44. The van der Waals surface area contributed by atoms with Crippen LogP contribution in [0.15, 0.2) is 18.3 Å². The maximum absolute atomic E-state index is 11.7. The van der Waals surface area contributed by atoms with Crippen LogP contribution >= 0.6 is 11.6 Å². The van der Waals surface area contributed by atoms with Crippen molar-refractivity contribution in [2.75, 3.05) is 18.5 Å². The molecule has 1 amide bonds. The summed E-state index contributed by atoms with van der Waals surface area (Å²) in [6, 6.07) is 2.49. The van der Waals surface area contributed by atoms with Gasteiger partial charge in [0, 0.05) is 13.2 Å². The fourth-order valence-corrected chi connectivity index (χ4v) is 1.58. The summed E-state index contributed by atoms with van der Waals surface area (Å²) < 4.78 is 0. The first-order valence-electron chi connectivity index (χ1n) is 5.79. The van der Waals surface area contributed by atoms with Gasteiger partial charge in [0.1, 0.15) is 11.9 Å². The van der Waals surface area contributed by atoms with E-state index in [-0.39, 0.29) is 12.5 Å². The first-order chi connectivity index (χ1) is 8.93. The third kappa shape index (κ3) is 4.75. The number of hydrogen-bond donors (Lipinski definition) is 2. The van der Waals surface area contributed by atoms with E-state index in [0.29, 0.717) is 17.3 Å². The molecule has 7 heteroatoms. The predicted octanol–water partition coefficient (Wildman–Crippen LogP) is 1.15. The second-order valence-electron chi connectivity index (χ2n) is 4.06. The van der Waals surface area contributed by atoms with Gasteiger partial charge in [-0.15, -0.1) is 0 Å². The van der Waals surface area contributed by atoms with Gasteiger partial charge in [0.25, 0.3) is 0 Å². The molecule has 0 bridgehead atoms. The first kappa shape index (κ1) is 15.2. The third-order valence-corrected chi connectivity index (χ3v) is 2.75. The van der Waals surface area contributed by atoms with Gasteiger partial charge in [-0.25, -0.2) is 9.78 Å². The lowest BCUT2D eigenvalue weighted by molar-refractivity contribution is -0.141. The van der Waals surface area contributed by atoms with Gasteiger partial charge >= 0.3 is 5.97 Å². The van der Waals surface area contributed by atoms with E-state index in [1.165, 1.54) is 6.20 Å². The molecule has 6 nitrogen and oxygen atoms in total. The van der Waals surface area contributed by atoms with Crippen LogP contribution in [0.4, 0.5) is 5.82 Å². The van der Waals surface area contributed by atoms with Crippen LogP contribution in [0.5, 0.6) is 0 Å². The van der Waals surface area contributed by atoms with E-state index in [2.05, 4.69) is 10.3 Å². The smallest absolute Gasteiger partial charge is 0.326 e. The van der Waals surface area contributed by atoms with Crippen LogP contribution in [0.2, 0.25) is 5.02 Å². The summed E-state index contributed by atoms with van der Waals surface area (Å²) in [5.41, 5.74) is 0. The molecule has 0 radical (unpaired) electrons. The second kappa shape index (κ2) is 6.94. The van der Waals surface area contributed by atoms with Gasteiger partial charge in [-0.2, -0.15) is 0 Å². The molecule has 1 heterocycles. The molecular formula is C12H16ClN3O3. The Bertz CT molecular complexity index is 450. The van der Waals surface area contributed by atoms with Gasteiger partial charge in [0.15, 0.2) is 0 Å². The maximum Gasteiger partial charge on any atom is 0.326 e. The van der Waals surface area contributed by atoms with Crippen LogP contribution in [-0.2, 0) is 9.59 Å². The molecule has 1 aromatic rings. The van der Waals surface area contributed by atoms with Crippen molar-refractivity contribution >= 4 is 29.3 Å². The molecule has 1 aromatic heterocycles. The normalized spacial score (nSPS) is 11.7. The van der Waals surface area contributed by atoms with Crippen molar-refractivity contribution in [1.29, 1.82) is 0 Å². The molecule has 0 saturated carbocycles. The molecule has 0 spiro atoms. The fourth-order valence-electron chi connectivity index (χ4n) is 1.47. The fraction of sp³-hybridized carbons (Fsp3) is 0.417. The molecule has 1 rings (SSSR count). The molecule has 0 aromatic carbocycles. The zero-order valence-electron chi connectivity index (χ0n) is 10.8. The number of pyridine rings is 1. The molecule has 2 N–H and O–H groups in total. The number of likely N-dealkylation sites (N-methyl/N-ethyl adjacent to an activating group) is 1. The van der Waals surface area contributed by atoms with Crippen molar-refractivity contribution in [2.45, 2.75) is 19.4 Å². The number of nitrogens with zero attached hydrogens (tertiary/aromatic N) is 2. The summed E-state index contributed by atoms with van der Waals surface area (Å²) in [4.78, 5) is 28.2. The van der Waals surface area contributed by atoms with E-state index >= 15 is 0 Å². The zero-order valence-corrected chi connectivity index (χ0v) is 11.5. The largest absolute Gasteiger partial charge is 0.480 e. The SMILES string of the molecule is CC[C@H](NC(=O)CN(C)c1ccc(Cl)cn1)C(=O)O. The van der Waals surface area contributed by atoms with Crippen molar-refractivity contribution in [3.63, 3.8) is 0 Å². The molecular weight excluding hydrogens is 270 g/mol. The van der Waals surface area contributed by atoms with Gasteiger partial charge in [-0.1, -0.05) is 18.5 Å². The number of hydrogen-bond acceptors (Lipinski definition) is 4. The Hall–Kier alpha value is -1.82. The number of carbonyl (C=O) groups excluding carboxylic acids is 1. The average molecular weight is 286 g/mol. The van der Waals surface area contributed by atoms with Crippen molar-refractivity contribution < 1.29 is 14.7 Å². The van der Waals surface area contributed by atoms with E-state index in [9.17, 15) is 9.59 Å². The molecule has 0 aliphatic carbocycles. The molecule has 0 fully saturated rings. The Morgan fingerprint density at radius 3 is 2.68 bits per heavy atom. The number of carboxylic acid groups (broad SMARTS) is 1. The summed E-state index contributed by atoms with van der Waals surface area (Å²) in [5.74, 6) is -0.820. The molecule has 0 aliphatic rings. The Labute approximate surface area is 116 Å². The average Bonchev–Trinajstić information content (AvgIpc) is 2.36. The molecule has 19 heavy (non-hydrogen) atoms. The van der Waals surface area contributed by atoms with E-state index < -0.39 is 12.0 Å². The van der Waals surface area contributed by atoms with Crippen molar-refractivity contribution in [2.24, 2.45) is 0 Å². The van der Waals surface area contributed by atoms with E-state index in [1.54, 1.807) is 31.0 Å². The number of carboxylic acids is 1. The molecule has 1 atom stereocenters. The van der Waals surface area contributed by atoms with Gasteiger partial charge in [-0.05, 0) is 18.6 Å². The zero-order chi connectivity index (χ0) is 14.4. The second-order valence-corrected chi connectivity index (χ2v) is 4.49. The number of amides is 1. The van der Waals surface area contributed by atoms with Crippen LogP contribution in [0.25, 0.3) is 0 Å². The minimum atomic E-state index is -1.04. The first-order valence-corrected chi connectivity index (χ1v) is 6.16. The standard InChI is InChI=1S/C12H16ClN3O3/c1-3-9(12(18)19)15-11(17)7-16(2)10-5-4-8(13)6-14-10/h4-6,9H,3,7H2,1-2H3,(H,15,17)(H,18,19)/t9-/m0/s1. The topological polar surface area (TPSA) is 82.5 Å². The Kier molecular flexibility index (Phi) is 5.57. The molecule has 0 saturated heterocycles. The highest BCUT2D eigenvalue weighted by atomic mass is 35.5. The van der Waals surface area contributed by atoms with Crippen LogP contribution in [0.3, 0.4) is 0 Å². The Morgan fingerprint density at radius 2 is 2.21 bits per heavy atom. The number of rotatable bonds is 6. The number of halogens is 1. The van der Waals surface area contributed by atoms with Gasteiger partial charge in [0.2, 0.25) is 5.91 Å². The summed E-state index contributed by atoms with van der Waals surface area (Å²) in [7, 11) is 1.69. The van der Waals surface area contributed by atoms with Crippen LogP contribution in [0, 0.1) is 0 Å². The number of anilines is 1. The number of nitrogens with one attached hydrogen (secondary N) is 1. The molecule has 0 unspecified atom stereocenters. The highest BCUT2D eigenvalue weighted by Crippen LogP contribution is 2.12. The number of aromatic nitrogens is 1. The number of aliphatic carboxylic acids is 1. The molecule has 0 aliphatic heterocycles. The van der Waals surface area contributed by atoms with E-state index in [1.807, 2.05) is 0 Å². The van der Waals surface area contributed by atoms with Crippen molar-refractivity contribution in [1.82, 2.24) is 10.3 Å². The van der Waals surface area contributed by atoms with Gasteiger partial charge < -0.3 is 15.3 Å². The summed E-state index contributed by atoms with van der Waals surface area (Å²) in [6.45, 7) is 1.72. The third-order valence-electron chi connectivity index (χ3n) is 2.53. The van der Waals surface area contributed by atoms with Crippen molar-refractivity contribution in [3.8, 4) is 0 Å². The van der Waals surface area contributed by atoms with Crippen LogP contribution in [-0.4, -0.2) is 41.6 Å². The predicted molar refractivity (Wildman–Crippen MR) is 72.4 cm³/mol. The summed E-state index contributed by atoms with van der Waals surface area (Å²) in [5, 5.41) is 11.8. The minimum Gasteiger partial charge on any atom is -0.480 e. The number of carbonyl (C=O) groups is 2. The highest BCUT2D eigenvalue weighted by molar-refractivity contribution is 6.30. The maximum atomic E-state index is 11.7. The van der Waals surface area contributed by atoms with Crippen molar-refractivity contribution in [3.05, 3.63) is 23.4 Å². The Morgan fingerprint density at radius 1 is 1.53 bits per heavy atom.